The standard InChI is InChI=1S/C18H29BrN4O3.HI/c1-14-5-6-15(19)13-16(14)23-17(24)7-9-22-18(20-2)21-8-4-10-26-12-11-25-3;/h5-6,13H,4,7-12H2,1-3H3,(H,23,24)(H2,20,21,22);1H. The summed E-state index contributed by atoms with van der Waals surface area (Å²) in [6.45, 7) is 5.10. The molecule has 0 fully saturated rings. The lowest BCUT2D eigenvalue weighted by molar-refractivity contribution is -0.116. The van der Waals surface area contributed by atoms with Crippen LogP contribution in [0.1, 0.15) is 18.4 Å². The van der Waals surface area contributed by atoms with Gasteiger partial charge in [-0.05, 0) is 31.0 Å². The second kappa shape index (κ2) is 16.1. The summed E-state index contributed by atoms with van der Waals surface area (Å²) in [5.74, 6) is 0.633. The number of carbonyl (C=O) groups is 1. The Bertz CT molecular complexity index is 588. The van der Waals surface area contributed by atoms with E-state index in [2.05, 4.69) is 36.9 Å². The fraction of sp³-hybridized carbons (Fsp3) is 0.556. The van der Waals surface area contributed by atoms with Crippen LogP contribution in [-0.2, 0) is 14.3 Å². The lowest BCUT2D eigenvalue weighted by atomic mass is 10.2. The van der Waals surface area contributed by atoms with Gasteiger partial charge in [0.1, 0.15) is 0 Å². The molecule has 1 aromatic rings. The van der Waals surface area contributed by atoms with Crippen LogP contribution in [-0.4, -0.2) is 58.9 Å². The van der Waals surface area contributed by atoms with Gasteiger partial charge in [-0.15, -0.1) is 24.0 Å². The van der Waals surface area contributed by atoms with Gasteiger partial charge in [0.15, 0.2) is 5.96 Å². The molecule has 0 radical (unpaired) electrons. The van der Waals surface area contributed by atoms with E-state index in [1.165, 1.54) is 0 Å². The first-order valence-corrected chi connectivity index (χ1v) is 9.43. The van der Waals surface area contributed by atoms with Crippen molar-refractivity contribution in [3.8, 4) is 0 Å². The Morgan fingerprint density at radius 1 is 1.19 bits per heavy atom. The average Bonchev–Trinajstić information content (AvgIpc) is 2.62. The number of amides is 1. The number of benzene rings is 1. The normalized spacial score (nSPS) is 10.9. The zero-order valence-corrected chi connectivity index (χ0v) is 20.1. The molecule has 0 saturated carbocycles. The summed E-state index contributed by atoms with van der Waals surface area (Å²) in [6, 6.07) is 5.81. The molecule has 0 atom stereocenters. The number of nitrogens with zero attached hydrogens (tertiary/aromatic N) is 1. The summed E-state index contributed by atoms with van der Waals surface area (Å²) >= 11 is 3.41. The van der Waals surface area contributed by atoms with Gasteiger partial charge < -0.3 is 25.4 Å². The second-order valence-electron chi connectivity index (χ2n) is 5.64. The monoisotopic (exact) mass is 556 g/mol. The third-order valence-corrected chi connectivity index (χ3v) is 4.02. The molecule has 0 unspecified atom stereocenters. The number of anilines is 1. The van der Waals surface area contributed by atoms with Crippen LogP contribution in [0.4, 0.5) is 5.69 Å². The van der Waals surface area contributed by atoms with Gasteiger partial charge in [0.05, 0.1) is 13.2 Å². The molecule has 0 bridgehead atoms. The van der Waals surface area contributed by atoms with Gasteiger partial charge in [0, 0.05) is 50.4 Å². The van der Waals surface area contributed by atoms with Gasteiger partial charge in [-0.3, -0.25) is 9.79 Å². The second-order valence-corrected chi connectivity index (χ2v) is 6.56. The van der Waals surface area contributed by atoms with Crippen molar-refractivity contribution in [1.82, 2.24) is 10.6 Å². The molecule has 9 heteroatoms. The lowest BCUT2D eigenvalue weighted by Gasteiger charge is -2.12. The van der Waals surface area contributed by atoms with Crippen molar-refractivity contribution < 1.29 is 14.3 Å². The highest BCUT2D eigenvalue weighted by atomic mass is 127. The minimum Gasteiger partial charge on any atom is -0.382 e. The summed E-state index contributed by atoms with van der Waals surface area (Å²) in [5.41, 5.74) is 1.85. The number of hydrogen-bond acceptors (Lipinski definition) is 4. The molecule has 1 aromatic carbocycles. The summed E-state index contributed by atoms with van der Waals surface area (Å²) in [5, 5.41) is 9.24. The number of hydrogen-bond donors (Lipinski definition) is 3. The van der Waals surface area contributed by atoms with Gasteiger partial charge in [-0.25, -0.2) is 0 Å². The smallest absolute Gasteiger partial charge is 0.226 e. The van der Waals surface area contributed by atoms with Crippen LogP contribution in [0.3, 0.4) is 0 Å². The van der Waals surface area contributed by atoms with E-state index < -0.39 is 0 Å². The minimum atomic E-state index is -0.0410. The Morgan fingerprint density at radius 3 is 2.63 bits per heavy atom. The molecule has 0 spiro atoms. The number of methoxy groups -OCH3 is 1. The number of aryl methyl sites for hydroxylation is 1. The third-order valence-electron chi connectivity index (χ3n) is 3.53. The molecule has 0 aliphatic heterocycles. The first kappa shape index (κ1) is 26.1. The fourth-order valence-corrected chi connectivity index (χ4v) is 2.44. The number of guanidine groups is 1. The van der Waals surface area contributed by atoms with Crippen LogP contribution in [0.2, 0.25) is 0 Å². The minimum absolute atomic E-state index is 0. The summed E-state index contributed by atoms with van der Waals surface area (Å²) in [7, 11) is 3.36. The molecule has 0 heterocycles. The summed E-state index contributed by atoms with van der Waals surface area (Å²) < 4.78 is 11.2. The van der Waals surface area contributed by atoms with Crippen molar-refractivity contribution in [2.75, 3.05) is 52.4 Å². The lowest BCUT2D eigenvalue weighted by Crippen LogP contribution is -2.39. The van der Waals surface area contributed by atoms with Crippen molar-refractivity contribution >= 4 is 57.5 Å². The Morgan fingerprint density at radius 2 is 1.93 bits per heavy atom. The van der Waals surface area contributed by atoms with E-state index in [4.69, 9.17) is 9.47 Å². The van der Waals surface area contributed by atoms with Crippen molar-refractivity contribution in [1.29, 1.82) is 0 Å². The van der Waals surface area contributed by atoms with Crippen LogP contribution in [0, 0.1) is 6.92 Å². The fourth-order valence-electron chi connectivity index (χ4n) is 2.08. The predicted molar refractivity (Wildman–Crippen MR) is 124 cm³/mol. The van der Waals surface area contributed by atoms with Gasteiger partial charge in [-0.1, -0.05) is 22.0 Å². The zero-order chi connectivity index (χ0) is 19.2. The summed E-state index contributed by atoms with van der Waals surface area (Å²) in [4.78, 5) is 16.2. The maximum atomic E-state index is 12.1. The number of rotatable bonds is 11. The molecule has 0 aliphatic rings. The zero-order valence-electron chi connectivity index (χ0n) is 16.1. The summed E-state index contributed by atoms with van der Waals surface area (Å²) in [6.07, 6.45) is 1.22. The molecule has 0 aromatic heterocycles. The number of carbonyl (C=O) groups excluding carboxylic acids is 1. The van der Waals surface area contributed by atoms with Crippen LogP contribution in [0.25, 0.3) is 0 Å². The molecule has 0 saturated heterocycles. The van der Waals surface area contributed by atoms with E-state index in [0.29, 0.717) is 38.7 Å². The highest BCUT2D eigenvalue weighted by Crippen LogP contribution is 2.20. The molecule has 7 nitrogen and oxygen atoms in total. The van der Waals surface area contributed by atoms with E-state index in [9.17, 15) is 4.79 Å². The van der Waals surface area contributed by atoms with Crippen LogP contribution in [0.15, 0.2) is 27.7 Å². The third kappa shape index (κ3) is 12.2. The van der Waals surface area contributed by atoms with Crippen LogP contribution in [0.5, 0.6) is 0 Å². The van der Waals surface area contributed by atoms with E-state index in [0.717, 1.165) is 28.7 Å². The van der Waals surface area contributed by atoms with Crippen molar-refractivity contribution in [2.45, 2.75) is 19.8 Å². The van der Waals surface area contributed by atoms with E-state index in [1.54, 1.807) is 14.2 Å². The van der Waals surface area contributed by atoms with Crippen LogP contribution < -0.4 is 16.0 Å². The Labute approximate surface area is 187 Å². The molecule has 1 rings (SSSR count). The SMILES string of the molecule is CN=C(NCCCOCCOC)NCCC(=O)Nc1cc(Br)ccc1C.I. The highest BCUT2D eigenvalue weighted by Gasteiger charge is 2.06. The van der Waals surface area contributed by atoms with E-state index in [-0.39, 0.29) is 29.9 Å². The predicted octanol–water partition coefficient (Wildman–Crippen LogP) is 2.92. The van der Waals surface area contributed by atoms with Gasteiger partial charge in [0.2, 0.25) is 5.91 Å². The molecule has 154 valence electrons. The van der Waals surface area contributed by atoms with E-state index >= 15 is 0 Å². The first-order chi connectivity index (χ1) is 12.6. The van der Waals surface area contributed by atoms with Gasteiger partial charge >= 0.3 is 0 Å². The van der Waals surface area contributed by atoms with Crippen molar-refractivity contribution in [3.05, 3.63) is 28.2 Å². The number of aliphatic imine (C=N–C) groups is 1. The Balaban J connectivity index is 0.00000676. The number of halogens is 2. The molecular formula is C18H30BrIN4O3. The Kier molecular flexibility index (Phi) is 15.5. The van der Waals surface area contributed by atoms with Crippen LogP contribution >= 0.6 is 39.9 Å². The quantitative estimate of drug-likeness (QED) is 0.169. The largest absolute Gasteiger partial charge is 0.382 e. The van der Waals surface area contributed by atoms with Crippen molar-refractivity contribution in [2.24, 2.45) is 4.99 Å². The molecule has 1 amide bonds. The average molecular weight is 557 g/mol. The van der Waals surface area contributed by atoms with E-state index in [1.807, 2.05) is 25.1 Å². The van der Waals surface area contributed by atoms with Crippen molar-refractivity contribution in [3.63, 3.8) is 0 Å². The topological polar surface area (TPSA) is 84.0 Å². The maximum absolute atomic E-state index is 12.1. The molecule has 0 aliphatic carbocycles. The molecule has 3 N–H and O–H groups in total. The first-order valence-electron chi connectivity index (χ1n) is 8.64. The molecular weight excluding hydrogens is 527 g/mol. The molecule has 27 heavy (non-hydrogen) atoms. The Hall–Kier alpha value is -0.910. The maximum Gasteiger partial charge on any atom is 0.226 e. The number of ether oxygens (including phenoxy) is 2. The van der Waals surface area contributed by atoms with Gasteiger partial charge in [0.25, 0.3) is 0 Å². The number of nitrogens with one attached hydrogen (secondary N) is 3. The van der Waals surface area contributed by atoms with Gasteiger partial charge in [-0.2, -0.15) is 0 Å². The highest BCUT2D eigenvalue weighted by molar-refractivity contribution is 14.0.